The van der Waals surface area contributed by atoms with Gasteiger partial charge in [-0.15, -0.1) is 0 Å². The number of carboxylic acid groups (broad SMARTS) is 1. The van der Waals surface area contributed by atoms with E-state index in [1.165, 1.54) is 16.8 Å². The van der Waals surface area contributed by atoms with Crippen LogP contribution in [0.15, 0.2) is 0 Å². The number of amides is 3. The maximum absolute atomic E-state index is 12.2. The summed E-state index contributed by atoms with van der Waals surface area (Å²) in [6.07, 6.45) is 1.66. The van der Waals surface area contributed by atoms with Crippen molar-refractivity contribution in [2.24, 2.45) is 0 Å². The predicted molar refractivity (Wildman–Crippen MR) is 64.1 cm³/mol. The minimum atomic E-state index is -1.04. The first-order valence-corrected chi connectivity index (χ1v) is 5.97. The van der Waals surface area contributed by atoms with Crippen molar-refractivity contribution in [2.45, 2.75) is 25.8 Å². The molecule has 7 heteroatoms. The monoisotopic (exact) mass is 257 g/mol. The van der Waals surface area contributed by atoms with Crippen molar-refractivity contribution in [3.8, 4) is 0 Å². The van der Waals surface area contributed by atoms with Crippen LogP contribution in [0, 0.1) is 0 Å². The van der Waals surface area contributed by atoms with Crippen molar-refractivity contribution in [3.05, 3.63) is 0 Å². The second-order valence-corrected chi connectivity index (χ2v) is 4.22. The van der Waals surface area contributed by atoms with Gasteiger partial charge in [-0.3, -0.25) is 9.59 Å². The third kappa shape index (κ3) is 3.90. The van der Waals surface area contributed by atoms with Gasteiger partial charge in [-0.1, -0.05) is 0 Å². The Morgan fingerprint density at radius 2 is 1.89 bits per heavy atom. The summed E-state index contributed by atoms with van der Waals surface area (Å²) in [7, 11) is 1.50. The Labute approximate surface area is 106 Å². The molecule has 0 aliphatic heterocycles. The molecule has 1 saturated carbocycles. The number of hydrogen-bond donors (Lipinski definition) is 2. The molecule has 1 aliphatic carbocycles. The molecule has 7 nitrogen and oxygen atoms in total. The fourth-order valence-electron chi connectivity index (χ4n) is 1.63. The Hall–Kier alpha value is -1.79. The first-order valence-electron chi connectivity index (χ1n) is 5.97. The van der Waals surface area contributed by atoms with E-state index in [2.05, 4.69) is 5.32 Å². The largest absolute Gasteiger partial charge is 0.480 e. The van der Waals surface area contributed by atoms with Crippen LogP contribution in [0.25, 0.3) is 0 Å². The quantitative estimate of drug-likeness (QED) is 0.685. The summed E-state index contributed by atoms with van der Waals surface area (Å²) in [6, 6.07) is -0.377. The van der Waals surface area contributed by atoms with Gasteiger partial charge >= 0.3 is 12.0 Å². The third-order valence-electron chi connectivity index (χ3n) is 2.80. The number of carbonyl (C=O) groups is 3. The van der Waals surface area contributed by atoms with Gasteiger partial charge in [0.15, 0.2) is 0 Å². The van der Waals surface area contributed by atoms with Crippen molar-refractivity contribution in [1.29, 1.82) is 0 Å². The van der Waals surface area contributed by atoms with Gasteiger partial charge in [0.25, 0.3) is 0 Å². The molecule has 0 radical (unpaired) electrons. The molecular weight excluding hydrogens is 238 g/mol. The third-order valence-corrected chi connectivity index (χ3v) is 2.80. The number of rotatable bonds is 6. The molecule has 102 valence electrons. The molecule has 0 heterocycles. The lowest BCUT2D eigenvalue weighted by Gasteiger charge is -2.28. The fourth-order valence-corrected chi connectivity index (χ4v) is 1.63. The standard InChI is InChI=1S/C11H19N3O4/c1-3-13(6-9(15)12-2)11(18)14(7-10(16)17)8-4-5-8/h8H,3-7H2,1-2H3,(H,12,15)(H,16,17). The highest BCUT2D eigenvalue weighted by Gasteiger charge is 2.36. The van der Waals surface area contributed by atoms with Crippen LogP contribution in [0.3, 0.4) is 0 Å². The van der Waals surface area contributed by atoms with Crippen LogP contribution in [0.4, 0.5) is 4.79 Å². The summed E-state index contributed by atoms with van der Waals surface area (Å²) in [6.45, 7) is 1.77. The average molecular weight is 257 g/mol. The molecule has 0 spiro atoms. The molecule has 0 aromatic heterocycles. The number of nitrogens with one attached hydrogen (secondary N) is 1. The van der Waals surface area contributed by atoms with E-state index in [4.69, 9.17) is 5.11 Å². The summed E-state index contributed by atoms with van der Waals surface area (Å²) in [4.78, 5) is 36.8. The summed E-state index contributed by atoms with van der Waals surface area (Å²) in [5, 5.41) is 11.2. The molecule has 1 aliphatic rings. The van der Waals surface area contributed by atoms with Crippen LogP contribution in [0.1, 0.15) is 19.8 Å². The van der Waals surface area contributed by atoms with Crippen LogP contribution in [-0.2, 0) is 9.59 Å². The zero-order valence-corrected chi connectivity index (χ0v) is 10.7. The molecule has 0 saturated heterocycles. The van der Waals surface area contributed by atoms with E-state index in [-0.39, 0.29) is 31.1 Å². The highest BCUT2D eigenvalue weighted by atomic mass is 16.4. The van der Waals surface area contributed by atoms with E-state index in [9.17, 15) is 14.4 Å². The molecule has 0 aromatic rings. The summed E-state index contributed by atoms with van der Waals surface area (Å²) in [5.41, 5.74) is 0. The van der Waals surface area contributed by atoms with E-state index in [1.807, 2.05) is 0 Å². The highest BCUT2D eigenvalue weighted by molar-refractivity contribution is 5.85. The molecule has 2 N–H and O–H groups in total. The Kier molecular flexibility index (Phi) is 4.94. The first-order chi connectivity index (χ1) is 8.49. The molecule has 3 amide bonds. The minimum Gasteiger partial charge on any atom is -0.480 e. The smallest absolute Gasteiger partial charge is 0.323 e. The Bertz CT molecular complexity index is 341. The van der Waals surface area contributed by atoms with E-state index < -0.39 is 5.97 Å². The lowest BCUT2D eigenvalue weighted by atomic mass is 10.4. The maximum Gasteiger partial charge on any atom is 0.323 e. The number of carbonyl (C=O) groups excluding carboxylic acids is 2. The summed E-state index contributed by atoms with van der Waals surface area (Å²) in [5.74, 6) is -1.30. The zero-order valence-electron chi connectivity index (χ0n) is 10.7. The van der Waals surface area contributed by atoms with E-state index in [0.717, 1.165) is 12.8 Å². The molecule has 18 heavy (non-hydrogen) atoms. The number of likely N-dealkylation sites (N-methyl/N-ethyl adjacent to an activating group) is 2. The van der Waals surface area contributed by atoms with Gasteiger partial charge in [0.2, 0.25) is 5.91 Å². The number of nitrogens with zero attached hydrogens (tertiary/aromatic N) is 2. The number of urea groups is 1. The normalized spacial score (nSPS) is 13.9. The van der Waals surface area contributed by atoms with Crippen molar-refractivity contribution >= 4 is 17.9 Å². The molecule has 1 fully saturated rings. The van der Waals surface area contributed by atoms with Gasteiger partial charge in [-0.25, -0.2) is 4.79 Å². The van der Waals surface area contributed by atoms with Gasteiger partial charge in [-0.05, 0) is 19.8 Å². The Morgan fingerprint density at radius 1 is 1.28 bits per heavy atom. The van der Waals surface area contributed by atoms with Crippen molar-refractivity contribution < 1.29 is 19.5 Å². The van der Waals surface area contributed by atoms with Gasteiger partial charge < -0.3 is 20.2 Å². The van der Waals surface area contributed by atoms with E-state index in [0.29, 0.717) is 6.54 Å². The molecule has 0 unspecified atom stereocenters. The van der Waals surface area contributed by atoms with Crippen molar-refractivity contribution in [2.75, 3.05) is 26.7 Å². The fraction of sp³-hybridized carbons (Fsp3) is 0.727. The number of carboxylic acids is 1. The van der Waals surface area contributed by atoms with Crippen LogP contribution in [-0.4, -0.2) is 65.5 Å². The van der Waals surface area contributed by atoms with Gasteiger partial charge in [0, 0.05) is 19.6 Å². The van der Waals surface area contributed by atoms with Gasteiger partial charge in [-0.2, -0.15) is 0 Å². The Balaban J connectivity index is 2.66. The van der Waals surface area contributed by atoms with E-state index in [1.54, 1.807) is 6.92 Å². The number of hydrogen-bond acceptors (Lipinski definition) is 3. The summed E-state index contributed by atoms with van der Waals surface area (Å²) >= 11 is 0. The van der Waals surface area contributed by atoms with Crippen LogP contribution in [0.5, 0.6) is 0 Å². The first kappa shape index (κ1) is 14.3. The second kappa shape index (κ2) is 6.23. The maximum atomic E-state index is 12.2. The second-order valence-electron chi connectivity index (χ2n) is 4.22. The molecule has 0 bridgehead atoms. The lowest BCUT2D eigenvalue weighted by molar-refractivity contribution is -0.137. The van der Waals surface area contributed by atoms with Crippen LogP contribution in [0.2, 0.25) is 0 Å². The van der Waals surface area contributed by atoms with Gasteiger partial charge in [0.05, 0.1) is 0 Å². The minimum absolute atomic E-state index is 0.00679. The Morgan fingerprint density at radius 3 is 2.28 bits per heavy atom. The molecule has 0 aromatic carbocycles. The SMILES string of the molecule is CCN(CC(=O)NC)C(=O)N(CC(=O)O)C1CC1. The number of aliphatic carboxylic acids is 1. The lowest BCUT2D eigenvalue weighted by Crippen LogP contribution is -2.49. The zero-order chi connectivity index (χ0) is 13.7. The average Bonchev–Trinajstić information content (AvgIpc) is 3.15. The topological polar surface area (TPSA) is 90.0 Å². The van der Waals surface area contributed by atoms with Crippen LogP contribution >= 0.6 is 0 Å². The molecule has 0 atom stereocenters. The van der Waals surface area contributed by atoms with E-state index >= 15 is 0 Å². The van der Waals surface area contributed by atoms with Crippen molar-refractivity contribution in [1.82, 2.24) is 15.1 Å². The van der Waals surface area contributed by atoms with Crippen molar-refractivity contribution in [3.63, 3.8) is 0 Å². The van der Waals surface area contributed by atoms with Gasteiger partial charge in [0.1, 0.15) is 13.1 Å². The highest BCUT2D eigenvalue weighted by Crippen LogP contribution is 2.27. The summed E-state index contributed by atoms with van der Waals surface area (Å²) < 4.78 is 0. The molecular formula is C11H19N3O4. The molecule has 1 rings (SSSR count). The predicted octanol–water partition coefficient (Wildman–Crippen LogP) is -0.277. The van der Waals surface area contributed by atoms with Crippen LogP contribution < -0.4 is 5.32 Å².